The van der Waals surface area contributed by atoms with Gasteiger partial charge in [0.1, 0.15) is 0 Å². The second kappa shape index (κ2) is 16.2. The van der Waals surface area contributed by atoms with Crippen molar-refractivity contribution < 1.29 is 39.6 Å². The number of benzene rings is 4. The number of aliphatic hydroxyl groups is 4. The zero-order chi connectivity index (χ0) is 34.2. The molecule has 2 aliphatic heterocycles. The maximum absolute atomic E-state index is 12.6. The second-order valence-electron chi connectivity index (χ2n) is 10.9. The van der Waals surface area contributed by atoms with Gasteiger partial charge in [0.2, 0.25) is 0 Å². The fourth-order valence-corrected chi connectivity index (χ4v) is 7.54. The summed E-state index contributed by atoms with van der Waals surface area (Å²) in [5.74, 6) is -1.11. The molecular formula is C36H34N2O8S2. The lowest BCUT2D eigenvalue weighted by Gasteiger charge is -2.29. The Hall–Kier alpha value is -4.30. The Morgan fingerprint density at radius 2 is 0.729 bits per heavy atom. The highest BCUT2D eigenvalue weighted by Crippen LogP contribution is 2.30. The van der Waals surface area contributed by atoms with Gasteiger partial charge in [0.05, 0.1) is 59.8 Å². The van der Waals surface area contributed by atoms with Crippen LogP contribution in [0.5, 0.6) is 0 Å². The molecule has 0 aromatic heterocycles. The van der Waals surface area contributed by atoms with Gasteiger partial charge in [0, 0.05) is 21.3 Å². The van der Waals surface area contributed by atoms with Gasteiger partial charge in [-0.1, -0.05) is 60.7 Å². The van der Waals surface area contributed by atoms with E-state index in [1.165, 1.54) is 23.5 Å². The molecule has 48 heavy (non-hydrogen) atoms. The van der Waals surface area contributed by atoms with Crippen molar-refractivity contribution in [1.82, 2.24) is 9.80 Å². The molecule has 4 aromatic carbocycles. The molecule has 0 spiro atoms. The minimum atomic E-state index is -1.19. The molecule has 0 unspecified atom stereocenters. The fraction of sp³-hybridized carbons (Fsp3) is 0.222. The van der Waals surface area contributed by atoms with Crippen molar-refractivity contribution in [1.29, 1.82) is 0 Å². The summed E-state index contributed by atoms with van der Waals surface area (Å²) < 4.78 is 0. The largest absolute Gasteiger partial charge is 0.394 e. The van der Waals surface area contributed by atoms with Gasteiger partial charge in [0.15, 0.2) is 0 Å². The maximum Gasteiger partial charge on any atom is 0.261 e. The summed E-state index contributed by atoms with van der Waals surface area (Å²) in [6.07, 6.45) is -2.38. The first-order valence-electron chi connectivity index (χ1n) is 15.1. The average Bonchev–Trinajstić information content (AvgIpc) is 3.53. The molecule has 0 saturated heterocycles. The summed E-state index contributed by atoms with van der Waals surface area (Å²) in [5.41, 5.74) is 1.34. The van der Waals surface area contributed by atoms with Crippen molar-refractivity contribution in [3.63, 3.8) is 0 Å². The molecule has 2 heterocycles. The number of carbonyl (C=O) groups excluding carboxylic acids is 4. The van der Waals surface area contributed by atoms with Gasteiger partial charge in [-0.3, -0.25) is 29.0 Å². The third kappa shape index (κ3) is 7.54. The summed E-state index contributed by atoms with van der Waals surface area (Å²) in [6.45, 7) is -1.04. The van der Waals surface area contributed by atoms with Crippen LogP contribution in [-0.2, 0) is 0 Å². The van der Waals surface area contributed by atoms with Crippen molar-refractivity contribution in [2.75, 3.05) is 24.7 Å². The lowest BCUT2D eigenvalue weighted by atomic mass is 10.1. The summed E-state index contributed by atoms with van der Waals surface area (Å²) in [7, 11) is 0. The molecule has 2 aliphatic rings. The number of nitrogens with zero attached hydrogens (tertiary/aromatic N) is 2. The van der Waals surface area contributed by atoms with Crippen LogP contribution >= 0.6 is 23.5 Å². The second-order valence-corrected chi connectivity index (χ2v) is 13.1. The third-order valence-electron chi connectivity index (χ3n) is 7.90. The van der Waals surface area contributed by atoms with E-state index in [1.807, 2.05) is 60.7 Å². The number of fused-ring (bicyclic) bond motifs is 2. The van der Waals surface area contributed by atoms with Crippen LogP contribution in [0.1, 0.15) is 41.4 Å². The van der Waals surface area contributed by atoms with E-state index in [2.05, 4.69) is 0 Å². The number of hydrogen-bond donors (Lipinski definition) is 4. The predicted octanol–water partition coefficient (Wildman–Crippen LogP) is 3.59. The summed E-state index contributed by atoms with van der Waals surface area (Å²) in [6, 6.07) is 30.6. The summed E-state index contributed by atoms with van der Waals surface area (Å²) in [4.78, 5) is 54.4. The van der Waals surface area contributed by atoms with Gasteiger partial charge in [-0.05, 0) is 48.5 Å². The van der Waals surface area contributed by atoms with E-state index in [0.717, 1.165) is 19.6 Å². The van der Waals surface area contributed by atoms with Crippen LogP contribution in [0.4, 0.5) is 0 Å². The van der Waals surface area contributed by atoms with E-state index in [4.69, 9.17) is 0 Å². The highest BCUT2D eigenvalue weighted by Gasteiger charge is 2.43. The molecular weight excluding hydrogens is 653 g/mol. The first kappa shape index (κ1) is 35.0. The molecule has 12 heteroatoms. The Morgan fingerprint density at radius 3 is 1.00 bits per heavy atom. The predicted molar refractivity (Wildman–Crippen MR) is 182 cm³/mol. The Balaban J connectivity index is 0.000000188. The van der Waals surface area contributed by atoms with Gasteiger partial charge in [0.25, 0.3) is 23.6 Å². The maximum atomic E-state index is 12.6. The lowest BCUT2D eigenvalue weighted by Crippen LogP contribution is -2.49. The highest BCUT2D eigenvalue weighted by molar-refractivity contribution is 7.99. The zero-order valence-corrected chi connectivity index (χ0v) is 27.3. The number of carbonyl (C=O) groups is 4. The molecule has 6 rings (SSSR count). The van der Waals surface area contributed by atoms with Crippen LogP contribution in [-0.4, -0.2) is 103 Å². The van der Waals surface area contributed by atoms with E-state index in [-0.39, 0.29) is 0 Å². The number of hydrogen-bond acceptors (Lipinski definition) is 10. The normalized spacial score (nSPS) is 16.2. The molecule has 0 bridgehead atoms. The molecule has 248 valence electrons. The molecule has 10 nitrogen and oxygen atoms in total. The fourth-order valence-electron chi connectivity index (χ4n) is 5.37. The summed E-state index contributed by atoms with van der Waals surface area (Å²) in [5, 5.41) is 39.0. The van der Waals surface area contributed by atoms with Crippen molar-refractivity contribution in [3.05, 3.63) is 131 Å². The highest BCUT2D eigenvalue weighted by atomic mass is 32.2. The quantitative estimate of drug-likeness (QED) is 0.128. The van der Waals surface area contributed by atoms with E-state index in [0.29, 0.717) is 33.8 Å². The minimum Gasteiger partial charge on any atom is -0.394 e. The lowest BCUT2D eigenvalue weighted by molar-refractivity contribution is 0.0202. The first-order valence-corrected chi connectivity index (χ1v) is 17.1. The number of amides is 4. The molecule has 0 radical (unpaired) electrons. The Morgan fingerprint density at radius 1 is 0.458 bits per heavy atom. The molecule has 4 aromatic rings. The minimum absolute atomic E-state index is 0.303. The van der Waals surface area contributed by atoms with E-state index in [1.54, 1.807) is 48.5 Å². The molecule has 0 fully saturated rings. The van der Waals surface area contributed by atoms with E-state index >= 15 is 0 Å². The topological polar surface area (TPSA) is 156 Å². The molecule has 4 N–H and O–H groups in total. The van der Waals surface area contributed by atoms with Crippen molar-refractivity contribution in [2.24, 2.45) is 0 Å². The van der Waals surface area contributed by atoms with Crippen LogP contribution < -0.4 is 0 Å². The summed E-state index contributed by atoms with van der Waals surface area (Å²) >= 11 is 2.85. The van der Waals surface area contributed by atoms with Crippen LogP contribution in [0.3, 0.4) is 0 Å². The van der Waals surface area contributed by atoms with E-state index < -0.39 is 61.1 Å². The molecule has 4 amide bonds. The number of rotatable bonds is 12. The molecule has 4 atom stereocenters. The first-order chi connectivity index (χ1) is 23.3. The Labute approximate surface area is 286 Å². The van der Waals surface area contributed by atoms with Crippen molar-refractivity contribution in [3.8, 4) is 0 Å². The number of aliphatic hydroxyl groups excluding tert-OH is 4. The standard InChI is InChI=1S/2C18H17NO4S/c2*20-10-16(21)15(11-24-12-6-2-1-3-7-12)19-17(22)13-8-4-5-9-14(13)18(19)23/h2*1-9,15-16,20-21H,10-11H2/t15-,16+;15-,16-/m00/s1. The van der Waals surface area contributed by atoms with Crippen LogP contribution in [0, 0.1) is 0 Å². The van der Waals surface area contributed by atoms with Gasteiger partial charge in [-0.2, -0.15) is 0 Å². The zero-order valence-electron chi connectivity index (χ0n) is 25.7. The number of thioether (sulfide) groups is 2. The van der Waals surface area contributed by atoms with Crippen molar-refractivity contribution >= 4 is 47.2 Å². The van der Waals surface area contributed by atoms with Crippen molar-refractivity contribution in [2.45, 2.75) is 34.1 Å². The number of imide groups is 2. The van der Waals surface area contributed by atoms with Gasteiger partial charge in [-0.25, -0.2) is 0 Å². The third-order valence-corrected chi connectivity index (χ3v) is 10.1. The molecule has 0 saturated carbocycles. The smallest absolute Gasteiger partial charge is 0.261 e. The van der Waals surface area contributed by atoms with Gasteiger partial charge >= 0.3 is 0 Å². The van der Waals surface area contributed by atoms with Gasteiger partial charge < -0.3 is 20.4 Å². The van der Waals surface area contributed by atoms with Crippen LogP contribution in [0.25, 0.3) is 0 Å². The Kier molecular flexibility index (Phi) is 11.8. The SMILES string of the molecule is O=C1c2ccccc2C(=O)N1[C@@H](CSc1ccccc1)[C@@H](O)CO.O=C1c2ccccc2C(=O)N1[C@@H](CSc1ccccc1)[C@H](O)CO. The average molecular weight is 687 g/mol. The van der Waals surface area contributed by atoms with Crippen LogP contribution in [0.2, 0.25) is 0 Å². The van der Waals surface area contributed by atoms with E-state index in [9.17, 15) is 39.6 Å². The Bertz CT molecular complexity index is 1560. The monoisotopic (exact) mass is 686 g/mol. The molecule has 0 aliphatic carbocycles. The van der Waals surface area contributed by atoms with Gasteiger partial charge in [-0.15, -0.1) is 23.5 Å². The van der Waals surface area contributed by atoms with Crippen LogP contribution in [0.15, 0.2) is 119 Å².